The normalized spacial score (nSPS) is 17.2. The summed E-state index contributed by atoms with van der Waals surface area (Å²) in [6, 6.07) is 13.1. The number of rotatable bonds is 10. The Morgan fingerprint density at radius 1 is 1.05 bits per heavy atom. The highest BCUT2D eigenvalue weighted by atomic mass is 19.4. The molecule has 0 aliphatic carbocycles. The van der Waals surface area contributed by atoms with Crippen molar-refractivity contribution in [1.29, 1.82) is 0 Å². The maximum absolute atomic E-state index is 13.5. The molecule has 2 aromatic carbocycles. The van der Waals surface area contributed by atoms with Gasteiger partial charge < -0.3 is 25.7 Å². The second kappa shape index (κ2) is 13.6. The van der Waals surface area contributed by atoms with E-state index in [4.69, 9.17) is 4.74 Å². The number of benzene rings is 2. The van der Waals surface area contributed by atoms with Crippen LogP contribution in [0.3, 0.4) is 0 Å². The van der Waals surface area contributed by atoms with E-state index in [9.17, 15) is 22.8 Å². The lowest BCUT2D eigenvalue weighted by atomic mass is 9.95. The number of alkyl halides is 3. The third-order valence-electron chi connectivity index (χ3n) is 7.70. The Labute approximate surface area is 244 Å². The van der Waals surface area contributed by atoms with Crippen LogP contribution in [0, 0.1) is 20.8 Å². The van der Waals surface area contributed by atoms with E-state index in [0.29, 0.717) is 17.7 Å². The van der Waals surface area contributed by atoms with E-state index in [2.05, 4.69) is 27.9 Å². The van der Waals surface area contributed by atoms with Crippen LogP contribution in [0.1, 0.15) is 64.5 Å². The number of pyridine rings is 1. The van der Waals surface area contributed by atoms with Crippen molar-refractivity contribution in [2.45, 2.75) is 78.4 Å². The van der Waals surface area contributed by atoms with Crippen molar-refractivity contribution in [2.75, 3.05) is 18.5 Å². The number of H-pyrrole nitrogens is 1. The van der Waals surface area contributed by atoms with Gasteiger partial charge in [-0.05, 0) is 86.1 Å². The van der Waals surface area contributed by atoms with Gasteiger partial charge in [-0.25, -0.2) is 0 Å². The van der Waals surface area contributed by atoms with Crippen molar-refractivity contribution in [1.82, 2.24) is 15.6 Å². The number of aromatic amines is 1. The summed E-state index contributed by atoms with van der Waals surface area (Å²) in [4.78, 5) is 28.8. The quantitative estimate of drug-likeness (QED) is 0.237. The Morgan fingerprint density at radius 3 is 2.45 bits per heavy atom. The van der Waals surface area contributed by atoms with Crippen LogP contribution >= 0.6 is 0 Å². The minimum absolute atomic E-state index is 0.0878. The second-order valence-electron chi connectivity index (χ2n) is 11.0. The Kier molecular flexibility index (Phi) is 10.1. The van der Waals surface area contributed by atoms with Gasteiger partial charge in [0.05, 0.1) is 12.6 Å². The van der Waals surface area contributed by atoms with Gasteiger partial charge in [0, 0.05) is 48.2 Å². The summed E-state index contributed by atoms with van der Waals surface area (Å²) in [5, 5.41) is 8.97. The Bertz CT molecular complexity index is 1450. The molecule has 7 nitrogen and oxygen atoms in total. The predicted molar refractivity (Wildman–Crippen MR) is 159 cm³/mol. The van der Waals surface area contributed by atoms with Gasteiger partial charge in [0.1, 0.15) is 0 Å². The minimum Gasteiger partial charge on any atom is -0.382 e. The number of amides is 1. The fourth-order valence-corrected chi connectivity index (χ4v) is 5.31. The van der Waals surface area contributed by atoms with E-state index >= 15 is 0 Å². The second-order valence-corrected chi connectivity index (χ2v) is 11.0. The lowest BCUT2D eigenvalue weighted by Gasteiger charge is -2.31. The molecular weight excluding hydrogens is 545 g/mol. The van der Waals surface area contributed by atoms with Crippen molar-refractivity contribution in [3.05, 3.63) is 86.3 Å². The first-order chi connectivity index (χ1) is 19.9. The van der Waals surface area contributed by atoms with E-state index < -0.39 is 12.7 Å². The highest BCUT2D eigenvalue weighted by molar-refractivity contribution is 5.98. The fourth-order valence-electron chi connectivity index (χ4n) is 5.31. The highest BCUT2D eigenvalue weighted by Crippen LogP contribution is 2.31. The van der Waals surface area contributed by atoms with Crippen LogP contribution in [-0.2, 0) is 17.8 Å². The van der Waals surface area contributed by atoms with Crippen LogP contribution in [-0.4, -0.2) is 42.4 Å². The van der Waals surface area contributed by atoms with Crippen molar-refractivity contribution >= 4 is 11.6 Å². The third-order valence-corrected chi connectivity index (χ3v) is 7.70. The molecule has 1 saturated heterocycles. The third kappa shape index (κ3) is 8.23. The van der Waals surface area contributed by atoms with E-state index in [1.165, 1.54) is 0 Å². The summed E-state index contributed by atoms with van der Waals surface area (Å²) >= 11 is 0. The average molecular weight is 585 g/mol. The maximum Gasteiger partial charge on any atom is 0.401 e. The molecule has 1 aliphatic heterocycles. The molecule has 0 bridgehead atoms. The van der Waals surface area contributed by atoms with Gasteiger partial charge in [0.15, 0.2) is 0 Å². The van der Waals surface area contributed by atoms with E-state index in [-0.39, 0.29) is 36.7 Å². The Hall–Kier alpha value is -3.63. The van der Waals surface area contributed by atoms with Crippen LogP contribution in [0.2, 0.25) is 0 Å². The van der Waals surface area contributed by atoms with Gasteiger partial charge in [-0.15, -0.1) is 0 Å². The summed E-state index contributed by atoms with van der Waals surface area (Å²) in [5.41, 5.74) is 6.29. The predicted octanol–water partition coefficient (Wildman–Crippen LogP) is 5.92. The molecule has 0 radical (unpaired) electrons. The zero-order valence-corrected chi connectivity index (χ0v) is 24.5. The number of aryl methyl sites for hydroxylation is 2. The summed E-state index contributed by atoms with van der Waals surface area (Å²) in [5.74, 6) is -0.303. The molecule has 10 heteroatoms. The van der Waals surface area contributed by atoms with Crippen LogP contribution in [0.15, 0.2) is 47.3 Å². The van der Waals surface area contributed by atoms with Crippen LogP contribution in [0.25, 0.3) is 11.1 Å². The van der Waals surface area contributed by atoms with Gasteiger partial charge >= 0.3 is 6.18 Å². The molecule has 1 aromatic heterocycles. The summed E-state index contributed by atoms with van der Waals surface area (Å²) < 4.78 is 43.4. The summed E-state index contributed by atoms with van der Waals surface area (Å²) in [7, 11) is 0. The molecule has 1 aliphatic rings. The maximum atomic E-state index is 13.5. The number of carbonyl (C=O) groups excluding carboxylic acids is 1. The first-order valence-corrected chi connectivity index (χ1v) is 14.3. The molecule has 226 valence electrons. The summed E-state index contributed by atoms with van der Waals surface area (Å²) in [6.07, 6.45) is -1.47. The number of ether oxygens (including phenoxy) is 1. The van der Waals surface area contributed by atoms with Crippen LogP contribution in [0.4, 0.5) is 18.9 Å². The largest absolute Gasteiger partial charge is 0.401 e. The van der Waals surface area contributed by atoms with Crippen molar-refractivity contribution in [3.8, 4) is 11.1 Å². The molecule has 4 rings (SSSR count). The number of hydrogen-bond acceptors (Lipinski definition) is 5. The molecular formula is C32H39F3N4O3. The molecule has 3 aromatic rings. The molecule has 1 fully saturated rings. The topological polar surface area (TPSA) is 95.2 Å². The number of hydrogen-bond donors (Lipinski definition) is 4. The molecule has 1 amide bonds. The van der Waals surface area contributed by atoms with Gasteiger partial charge in [-0.1, -0.05) is 31.2 Å². The number of carbonyl (C=O) groups is 1. The molecule has 4 N–H and O–H groups in total. The number of anilines is 1. The van der Waals surface area contributed by atoms with Crippen LogP contribution in [0.5, 0.6) is 0 Å². The molecule has 2 atom stereocenters. The molecule has 0 spiro atoms. The highest BCUT2D eigenvalue weighted by Gasteiger charge is 2.26. The SMILES string of the molecule is CCC1CC(Nc2cc(-c3ccc(CNCC(F)(F)F)cc3)cc(C(=O)NCc3c(C)cc(C)[nH]c3=O)c2C)CCO1. The first-order valence-electron chi connectivity index (χ1n) is 14.3. The molecule has 2 unspecified atom stereocenters. The van der Waals surface area contributed by atoms with Gasteiger partial charge in [0.25, 0.3) is 11.5 Å². The lowest BCUT2D eigenvalue weighted by molar-refractivity contribution is -0.125. The summed E-state index contributed by atoms with van der Waals surface area (Å²) in [6.45, 7) is 7.44. The van der Waals surface area contributed by atoms with Gasteiger partial charge in [-0.3, -0.25) is 9.59 Å². The number of aromatic nitrogens is 1. The van der Waals surface area contributed by atoms with E-state index in [0.717, 1.165) is 58.5 Å². The zero-order valence-electron chi connectivity index (χ0n) is 24.5. The van der Waals surface area contributed by atoms with Crippen molar-refractivity contribution in [3.63, 3.8) is 0 Å². The van der Waals surface area contributed by atoms with E-state index in [1.54, 1.807) is 12.1 Å². The fraction of sp³-hybridized carbons (Fsp3) is 0.438. The van der Waals surface area contributed by atoms with Crippen molar-refractivity contribution < 1.29 is 22.7 Å². The Morgan fingerprint density at radius 2 is 1.79 bits per heavy atom. The molecule has 2 heterocycles. The Balaban J connectivity index is 1.61. The first kappa shape index (κ1) is 31.3. The average Bonchev–Trinajstić information content (AvgIpc) is 2.93. The molecule has 42 heavy (non-hydrogen) atoms. The standard InChI is InChI=1S/C32H39F3N4O3/c1-5-26-15-25(10-11-42-26)39-29-14-24(23-8-6-22(7-9-23)16-36-18-32(33,34)35)13-27(21(29)4)30(40)37-17-28-19(2)12-20(3)38-31(28)41/h6-9,12-14,25-26,36,39H,5,10-11,15-18H2,1-4H3,(H,37,40)(H,38,41). The van der Waals surface area contributed by atoms with Crippen LogP contribution < -0.4 is 21.5 Å². The zero-order chi connectivity index (χ0) is 30.4. The molecule has 0 saturated carbocycles. The minimum atomic E-state index is -4.27. The smallest absolute Gasteiger partial charge is 0.382 e. The van der Waals surface area contributed by atoms with Gasteiger partial charge in [-0.2, -0.15) is 13.2 Å². The van der Waals surface area contributed by atoms with Crippen molar-refractivity contribution in [2.24, 2.45) is 0 Å². The van der Waals surface area contributed by atoms with E-state index in [1.807, 2.05) is 51.1 Å². The van der Waals surface area contributed by atoms with Gasteiger partial charge in [0.2, 0.25) is 0 Å². The number of halogens is 3. The lowest BCUT2D eigenvalue weighted by Crippen LogP contribution is -2.34. The number of nitrogens with one attached hydrogen (secondary N) is 4. The monoisotopic (exact) mass is 584 g/mol.